The van der Waals surface area contributed by atoms with E-state index in [9.17, 15) is 43.7 Å². The molecule has 0 fully saturated rings. The molecule has 53 heavy (non-hydrogen) atoms. The van der Waals surface area contributed by atoms with E-state index in [1.165, 1.54) is 40.7 Å². The molecule has 1 aliphatic rings. The van der Waals surface area contributed by atoms with E-state index in [0.29, 0.717) is 22.3 Å². The van der Waals surface area contributed by atoms with Gasteiger partial charge in [-0.05, 0) is 130 Å². The highest BCUT2D eigenvalue weighted by Gasteiger charge is 2.48. The number of phenols is 1. The zero-order valence-electron chi connectivity index (χ0n) is 30.9. The predicted octanol–water partition coefficient (Wildman–Crippen LogP) is 4.96. The van der Waals surface area contributed by atoms with Crippen LogP contribution in [0.25, 0.3) is 0 Å². The second kappa shape index (κ2) is 14.7. The highest BCUT2D eigenvalue weighted by atomic mass is 19.1. The summed E-state index contributed by atoms with van der Waals surface area (Å²) in [6.07, 6.45) is 1.97. The lowest BCUT2D eigenvalue weighted by molar-refractivity contribution is -0.151. The number of carboxylic acids is 1. The molecule has 276 valence electrons. The number of hydrogen-bond acceptors (Lipinski definition) is 11. The van der Waals surface area contributed by atoms with Gasteiger partial charge in [0.05, 0.1) is 18.2 Å². The SMILES string of the molecule is [B]c1c(O)c(C(=O)Oc2cc(C)c(C(=O)Oc3c(C)c(C)c(C(=O)O)c(CF)c3C)c(C)c2C)c(C)c(C)c1OC(=O)[C@@]1(O)C(C)=CC(=O)C=C1OC. The van der Waals surface area contributed by atoms with E-state index in [4.69, 9.17) is 26.8 Å². The molecule has 3 aromatic carbocycles. The first-order valence-electron chi connectivity index (χ1n) is 16.2. The van der Waals surface area contributed by atoms with Gasteiger partial charge in [0.1, 0.15) is 48.8 Å². The molecule has 3 aromatic rings. The van der Waals surface area contributed by atoms with Crippen LogP contribution < -0.4 is 19.7 Å². The van der Waals surface area contributed by atoms with Crippen molar-refractivity contribution in [3.63, 3.8) is 0 Å². The van der Waals surface area contributed by atoms with Gasteiger partial charge in [-0.3, -0.25) is 4.79 Å². The maximum absolute atomic E-state index is 14.0. The van der Waals surface area contributed by atoms with Crippen LogP contribution in [0, 0.1) is 55.4 Å². The number of aromatic hydroxyl groups is 1. The lowest BCUT2D eigenvalue weighted by atomic mass is 9.85. The second-order valence-corrected chi connectivity index (χ2v) is 12.9. The van der Waals surface area contributed by atoms with Gasteiger partial charge in [-0.25, -0.2) is 23.6 Å². The second-order valence-electron chi connectivity index (χ2n) is 12.9. The number of carboxylic acid groups (broad SMARTS) is 1. The van der Waals surface area contributed by atoms with E-state index >= 15 is 0 Å². The number of aryl methyl sites for hydroxylation is 1. The lowest BCUT2D eigenvalue weighted by Gasteiger charge is -2.31. The third-order valence-corrected chi connectivity index (χ3v) is 9.86. The number of carbonyl (C=O) groups excluding carboxylic acids is 4. The number of allylic oxidation sites excluding steroid dienone is 2. The fourth-order valence-corrected chi connectivity index (χ4v) is 6.34. The molecule has 1 aliphatic carbocycles. The maximum Gasteiger partial charge on any atom is 0.356 e. The number of aliphatic hydroxyl groups is 1. The summed E-state index contributed by atoms with van der Waals surface area (Å²) in [5, 5.41) is 32.0. The summed E-state index contributed by atoms with van der Waals surface area (Å²) >= 11 is 0. The summed E-state index contributed by atoms with van der Waals surface area (Å²) in [4.78, 5) is 64.3. The quantitative estimate of drug-likeness (QED) is 0.153. The standard InChI is InChI=1S/C39H38BFO12/c1-15-11-26(17(3)18(4)28(15)36(46)52-33-21(7)19(5)29(35(44)45)25(14-41)23(33)9)51-37(47)30-20(6)22(8)34(31(40)32(30)43)53-38(48)39(49)16(2)12-24(42)13-27(39)50-10/h11-13,43,49H,14H2,1-10H3,(H,44,45)/t39-/m1/s1. The fraction of sp³-hybridized carbons (Fsp3) is 0.308. The number of carbonyl (C=O) groups is 5. The Kier molecular flexibility index (Phi) is 11.1. The van der Waals surface area contributed by atoms with Gasteiger partial charge in [0.15, 0.2) is 5.78 Å². The van der Waals surface area contributed by atoms with Crippen LogP contribution >= 0.6 is 0 Å². The Morgan fingerprint density at radius 2 is 1.30 bits per heavy atom. The summed E-state index contributed by atoms with van der Waals surface area (Å²) in [6, 6.07) is 1.42. The summed E-state index contributed by atoms with van der Waals surface area (Å²) < 4.78 is 36.0. The number of ether oxygens (including phenoxy) is 4. The zero-order valence-corrected chi connectivity index (χ0v) is 30.9. The van der Waals surface area contributed by atoms with E-state index in [-0.39, 0.29) is 73.1 Å². The van der Waals surface area contributed by atoms with Crippen molar-refractivity contribution in [2.24, 2.45) is 0 Å². The lowest BCUT2D eigenvalue weighted by Crippen LogP contribution is -2.47. The minimum Gasteiger partial charge on any atom is -0.508 e. The van der Waals surface area contributed by atoms with Gasteiger partial charge in [-0.1, -0.05) is 0 Å². The van der Waals surface area contributed by atoms with Gasteiger partial charge in [0, 0.05) is 11.6 Å². The van der Waals surface area contributed by atoms with Gasteiger partial charge in [-0.2, -0.15) is 0 Å². The van der Waals surface area contributed by atoms with Gasteiger partial charge < -0.3 is 34.3 Å². The Morgan fingerprint density at radius 1 is 0.755 bits per heavy atom. The minimum atomic E-state index is -2.48. The van der Waals surface area contributed by atoms with Crippen LogP contribution in [0.1, 0.15) is 88.1 Å². The van der Waals surface area contributed by atoms with E-state index in [1.807, 2.05) is 0 Å². The minimum absolute atomic E-state index is 0.0374. The van der Waals surface area contributed by atoms with Crippen molar-refractivity contribution in [3.8, 4) is 23.0 Å². The molecule has 12 nitrogen and oxygen atoms in total. The summed E-state index contributed by atoms with van der Waals surface area (Å²) in [5.41, 5.74) is -1.41. The molecular formula is C39H38BFO12. The van der Waals surface area contributed by atoms with Crippen LogP contribution in [-0.2, 0) is 21.0 Å². The summed E-state index contributed by atoms with van der Waals surface area (Å²) in [6.45, 7) is 12.5. The molecule has 2 radical (unpaired) electrons. The molecule has 0 aromatic heterocycles. The number of ketones is 1. The molecule has 0 unspecified atom stereocenters. The van der Waals surface area contributed by atoms with E-state index in [1.54, 1.807) is 27.7 Å². The average Bonchev–Trinajstić information content (AvgIpc) is 3.09. The first-order valence-corrected chi connectivity index (χ1v) is 16.2. The van der Waals surface area contributed by atoms with Gasteiger partial charge in [0.2, 0.25) is 5.60 Å². The molecular weight excluding hydrogens is 690 g/mol. The molecule has 0 heterocycles. The Morgan fingerprint density at radius 3 is 1.87 bits per heavy atom. The van der Waals surface area contributed by atoms with Crippen LogP contribution in [0.2, 0.25) is 0 Å². The van der Waals surface area contributed by atoms with Crippen LogP contribution in [0.15, 0.2) is 29.6 Å². The Labute approximate surface area is 306 Å². The van der Waals surface area contributed by atoms with Crippen molar-refractivity contribution in [2.45, 2.75) is 74.6 Å². The molecule has 0 bridgehead atoms. The third-order valence-electron chi connectivity index (χ3n) is 9.86. The van der Waals surface area contributed by atoms with Crippen LogP contribution in [0.3, 0.4) is 0 Å². The summed E-state index contributed by atoms with van der Waals surface area (Å²) in [7, 11) is 7.32. The normalized spacial score (nSPS) is 15.4. The van der Waals surface area contributed by atoms with Gasteiger partial charge >= 0.3 is 23.9 Å². The van der Waals surface area contributed by atoms with Crippen molar-refractivity contribution >= 4 is 43.0 Å². The third kappa shape index (κ3) is 6.70. The number of rotatable bonds is 9. The van der Waals surface area contributed by atoms with Gasteiger partial charge in [0.25, 0.3) is 0 Å². The largest absolute Gasteiger partial charge is 0.508 e. The average molecular weight is 729 g/mol. The number of phenolic OH excluding ortho intramolecular Hbond substituents is 1. The van der Waals surface area contributed by atoms with E-state index < -0.39 is 53.1 Å². The van der Waals surface area contributed by atoms with Crippen molar-refractivity contribution in [1.82, 2.24) is 0 Å². The van der Waals surface area contributed by atoms with Crippen molar-refractivity contribution < 1.29 is 62.6 Å². The fourth-order valence-electron chi connectivity index (χ4n) is 6.34. The van der Waals surface area contributed by atoms with E-state index in [0.717, 1.165) is 19.3 Å². The van der Waals surface area contributed by atoms with E-state index in [2.05, 4.69) is 0 Å². The number of benzene rings is 3. The smallest absolute Gasteiger partial charge is 0.356 e. The molecule has 0 aliphatic heterocycles. The van der Waals surface area contributed by atoms with Crippen LogP contribution in [-0.4, -0.2) is 65.5 Å². The molecule has 3 N–H and O–H groups in total. The number of methoxy groups -OCH3 is 1. The molecule has 14 heteroatoms. The molecule has 0 spiro atoms. The highest BCUT2D eigenvalue weighted by Crippen LogP contribution is 2.38. The first-order chi connectivity index (χ1) is 24.6. The Hall–Kier alpha value is -5.76. The molecule has 0 saturated heterocycles. The number of esters is 3. The number of halogens is 1. The zero-order chi connectivity index (χ0) is 40.0. The monoisotopic (exact) mass is 728 g/mol. The van der Waals surface area contributed by atoms with Crippen molar-refractivity contribution in [3.05, 3.63) is 96.3 Å². The predicted molar refractivity (Wildman–Crippen MR) is 190 cm³/mol. The van der Waals surface area contributed by atoms with Crippen molar-refractivity contribution in [1.29, 1.82) is 0 Å². The Balaban J connectivity index is 1.67. The van der Waals surface area contributed by atoms with Crippen molar-refractivity contribution in [2.75, 3.05) is 7.11 Å². The summed E-state index contributed by atoms with van der Waals surface area (Å²) in [5.74, 6) is -6.35. The number of alkyl halides is 1. The van der Waals surface area contributed by atoms with Gasteiger partial charge in [-0.15, -0.1) is 0 Å². The molecule has 4 rings (SSSR count). The Bertz CT molecular complexity index is 2190. The van der Waals surface area contributed by atoms with Crippen LogP contribution in [0.5, 0.6) is 23.0 Å². The van der Waals surface area contributed by atoms with Crippen LogP contribution in [0.4, 0.5) is 4.39 Å². The molecule has 1 atom stereocenters. The molecule has 0 saturated carbocycles. The maximum atomic E-state index is 14.0. The molecule has 0 amide bonds. The number of aromatic carboxylic acids is 1. The first kappa shape index (κ1) is 40.0. The highest BCUT2D eigenvalue weighted by molar-refractivity contribution is 6.37. The number of hydrogen-bond donors (Lipinski definition) is 3. The topological polar surface area (TPSA) is 183 Å².